The molecule has 3 aromatic rings. The van der Waals surface area contributed by atoms with Gasteiger partial charge in [-0.05, 0) is 72.0 Å². The van der Waals surface area contributed by atoms with Crippen molar-refractivity contribution in [2.75, 3.05) is 36.6 Å². The van der Waals surface area contributed by atoms with Gasteiger partial charge in [-0.15, -0.1) is 11.8 Å². The van der Waals surface area contributed by atoms with E-state index in [-0.39, 0.29) is 36.3 Å². The lowest BCUT2D eigenvalue weighted by Gasteiger charge is -2.47. The molecule has 13 nitrogen and oxygen atoms in total. The molecule has 1 saturated heterocycles. The molecule has 1 saturated carbocycles. The van der Waals surface area contributed by atoms with Gasteiger partial charge in [-0.3, -0.25) is 19.3 Å². The van der Waals surface area contributed by atoms with E-state index < -0.39 is 70.2 Å². The Morgan fingerprint density at radius 2 is 1.68 bits per heavy atom. The van der Waals surface area contributed by atoms with Gasteiger partial charge in [-0.2, -0.15) is 0 Å². The highest BCUT2D eigenvalue weighted by molar-refractivity contribution is 8.00. The number of rotatable bonds is 16. The number of nitrogens with zero attached hydrogens (tertiary/aromatic N) is 2. The predicted octanol–water partition coefficient (Wildman–Crippen LogP) is 3.77. The van der Waals surface area contributed by atoms with Crippen molar-refractivity contribution in [3.8, 4) is 17.6 Å². The van der Waals surface area contributed by atoms with Crippen molar-refractivity contribution in [3.63, 3.8) is 0 Å². The van der Waals surface area contributed by atoms with Crippen molar-refractivity contribution in [1.82, 2.24) is 9.62 Å². The molecule has 16 heteroatoms. The third kappa shape index (κ3) is 11.2. The molecule has 1 aliphatic carbocycles. The lowest BCUT2D eigenvalue weighted by Crippen LogP contribution is -2.57. The molecule has 0 aromatic heterocycles. The maximum Gasteiger partial charge on any atom is 0.326 e. The molecule has 1 unspecified atom stereocenters. The highest BCUT2D eigenvalue weighted by Crippen LogP contribution is 2.46. The summed E-state index contributed by atoms with van der Waals surface area (Å²) >= 11 is 1.26. The van der Waals surface area contributed by atoms with Gasteiger partial charge < -0.3 is 25.6 Å². The van der Waals surface area contributed by atoms with Crippen LogP contribution in [0.4, 0.5) is 10.1 Å². The van der Waals surface area contributed by atoms with Gasteiger partial charge in [0.05, 0.1) is 31.5 Å². The highest BCUT2D eigenvalue weighted by atomic mass is 32.2. The van der Waals surface area contributed by atoms with Crippen LogP contribution in [-0.4, -0.2) is 90.2 Å². The molecular weight excluding hydrogens is 764 g/mol. The van der Waals surface area contributed by atoms with E-state index in [9.17, 15) is 42.2 Å². The molecule has 0 radical (unpaired) electrons. The maximum atomic E-state index is 13.7. The number of imide groups is 1. The number of nitrogens with one attached hydrogen (secondary N) is 1. The van der Waals surface area contributed by atoms with E-state index >= 15 is 0 Å². The van der Waals surface area contributed by atoms with Gasteiger partial charge in [0.15, 0.2) is 6.61 Å². The van der Waals surface area contributed by atoms with Crippen LogP contribution in [0.15, 0.2) is 72.8 Å². The summed E-state index contributed by atoms with van der Waals surface area (Å²) in [5.74, 6) is 2.57. The first kappa shape index (κ1) is 42.4. The summed E-state index contributed by atoms with van der Waals surface area (Å²) in [6, 6.07) is 17.2. The molecule has 3 amide bonds. The van der Waals surface area contributed by atoms with Gasteiger partial charge in [-0.25, -0.2) is 22.3 Å². The van der Waals surface area contributed by atoms with Crippen LogP contribution in [0.1, 0.15) is 67.4 Å². The number of thioether (sulfide) groups is 1. The Balaban J connectivity index is 1.31. The summed E-state index contributed by atoms with van der Waals surface area (Å²) in [6.45, 7) is -1.20. The molecule has 3 aromatic carbocycles. The van der Waals surface area contributed by atoms with Crippen LogP contribution in [-0.2, 0) is 29.2 Å². The Kier molecular flexibility index (Phi) is 14.7. The number of β-lactam (4-membered cyclic amide) rings is 1. The van der Waals surface area contributed by atoms with Crippen molar-refractivity contribution in [3.05, 3.63) is 95.3 Å². The van der Waals surface area contributed by atoms with E-state index in [4.69, 9.17) is 10.5 Å². The largest absolute Gasteiger partial charge is 0.484 e. The van der Waals surface area contributed by atoms with Crippen molar-refractivity contribution in [2.24, 2.45) is 11.7 Å². The first-order valence-electron chi connectivity index (χ1n) is 18.2. The number of carboxylic acids is 1. The number of anilines is 1. The van der Waals surface area contributed by atoms with Gasteiger partial charge in [0.1, 0.15) is 22.9 Å². The quantitative estimate of drug-likeness (QED) is 0.122. The Hall–Kier alpha value is -4.79. The lowest BCUT2D eigenvalue weighted by molar-refractivity contribution is -0.159. The second kappa shape index (κ2) is 19.4. The van der Waals surface area contributed by atoms with Gasteiger partial charge in [0.2, 0.25) is 21.8 Å². The van der Waals surface area contributed by atoms with Crippen LogP contribution in [0, 0.1) is 23.6 Å². The molecule has 5 rings (SSSR count). The average Bonchev–Trinajstić information content (AvgIpc) is 3.18. The van der Waals surface area contributed by atoms with E-state index in [2.05, 4.69) is 16.6 Å². The number of carboxylic acid groups (broad SMARTS) is 1. The zero-order valence-electron chi connectivity index (χ0n) is 30.8. The van der Waals surface area contributed by atoms with E-state index in [1.54, 1.807) is 53.4 Å². The fourth-order valence-corrected chi connectivity index (χ4v) is 8.48. The van der Waals surface area contributed by atoms with E-state index in [0.717, 1.165) is 38.4 Å². The second-order valence-electron chi connectivity index (χ2n) is 13.7. The summed E-state index contributed by atoms with van der Waals surface area (Å²) in [5.41, 5.74) is 7.99. The standard InChI is InChI=1S/C40H45FN4O9S2/c1-56(52,53)43-21-5-8-26-9-17-31(18-10-26)44-37(38(39(44)49)55-25-34(46)28-11-15-30(41)16-12-28)29-13-19-32(20-14-29)54-24-36(48)45(35(47)23-42)33(40(50)51)22-27-6-3-2-4-7-27/h9-20,27,33-34,37-38,43,46H,2-4,6-7,21-25,42H2,1H3,(H,50,51)/t33-,34+,37?,38-/m1/s1. The topological polar surface area (TPSA) is 197 Å². The minimum absolute atomic E-state index is 0.0584. The number of sulfonamides is 1. The third-order valence-corrected chi connectivity index (χ3v) is 11.7. The van der Waals surface area contributed by atoms with Gasteiger partial charge in [0.25, 0.3) is 5.91 Å². The van der Waals surface area contributed by atoms with Crippen LogP contribution >= 0.6 is 11.8 Å². The molecule has 0 bridgehead atoms. The number of halogens is 1. The molecule has 56 heavy (non-hydrogen) atoms. The van der Waals surface area contributed by atoms with Crippen LogP contribution < -0.4 is 20.1 Å². The zero-order chi connectivity index (χ0) is 40.4. The van der Waals surface area contributed by atoms with Crippen molar-refractivity contribution in [2.45, 2.75) is 62.0 Å². The Morgan fingerprint density at radius 3 is 2.29 bits per heavy atom. The molecule has 2 aliphatic rings. The zero-order valence-corrected chi connectivity index (χ0v) is 32.4. The second-order valence-corrected chi connectivity index (χ2v) is 16.7. The average molecular weight is 809 g/mol. The Bertz CT molecular complexity index is 2030. The van der Waals surface area contributed by atoms with Crippen molar-refractivity contribution >= 4 is 51.2 Å². The van der Waals surface area contributed by atoms with Crippen molar-refractivity contribution < 1.29 is 46.9 Å². The molecule has 0 spiro atoms. The van der Waals surface area contributed by atoms with E-state index in [1.807, 2.05) is 0 Å². The smallest absolute Gasteiger partial charge is 0.326 e. The van der Waals surface area contributed by atoms with Crippen LogP contribution in [0.5, 0.6) is 5.75 Å². The van der Waals surface area contributed by atoms with Crippen LogP contribution in [0.2, 0.25) is 0 Å². The number of hydrogen-bond donors (Lipinski definition) is 4. The van der Waals surface area contributed by atoms with E-state index in [0.29, 0.717) is 27.3 Å². The maximum absolute atomic E-state index is 13.7. The number of carbonyl (C=O) groups is 4. The molecule has 1 aliphatic heterocycles. The highest BCUT2D eigenvalue weighted by Gasteiger charge is 2.49. The fraction of sp³-hybridized carbons (Fsp3) is 0.400. The molecule has 298 valence electrons. The molecular formula is C40H45FN4O9S2. The monoisotopic (exact) mass is 808 g/mol. The van der Waals surface area contributed by atoms with Crippen LogP contribution in [0.25, 0.3) is 0 Å². The Labute approximate surface area is 329 Å². The first-order valence-corrected chi connectivity index (χ1v) is 21.1. The minimum Gasteiger partial charge on any atom is -0.484 e. The minimum atomic E-state index is -3.38. The van der Waals surface area contributed by atoms with Gasteiger partial charge in [-0.1, -0.05) is 68.2 Å². The first-order chi connectivity index (χ1) is 26.8. The van der Waals surface area contributed by atoms with Crippen LogP contribution in [0.3, 0.4) is 0 Å². The number of carbonyl (C=O) groups excluding carboxylic acids is 3. The summed E-state index contributed by atoms with van der Waals surface area (Å²) in [6.07, 6.45) is 4.90. The predicted molar refractivity (Wildman–Crippen MR) is 209 cm³/mol. The molecule has 1 heterocycles. The SMILES string of the molecule is CS(=O)(=O)NCC#Cc1ccc(N2C(=O)[C@H](SC[C@H](O)c3ccc(F)cc3)C2c2ccc(OCC(=O)N(C(=O)CN)[C@H](CC3CCCCC3)C(=O)O)cc2)cc1. The number of nitrogens with two attached hydrogens (primary N) is 1. The number of aliphatic hydroxyl groups is 1. The van der Waals surface area contributed by atoms with Gasteiger partial charge >= 0.3 is 5.97 Å². The number of hydrogen-bond acceptors (Lipinski definition) is 10. The molecule has 5 N–H and O–H groups in total. The number of benzene rings is 3. The number of ether oxygens (including phenoxy) is 1. The normalized spacial score (nSPS) is 18.2. The molecule has 2 fully saturated rings. The lowest BCUT2D eigenvalue weighted by atomic mass is 9.84. The Morgan fingerprint density at radius 1 is 1.02 bits per heavy atom. The summed E-state index contributed by atoms with van der Waals surface area (Å²) < 4.78 is 44.1. The number of aliphatic carboxylic acids is 1. The van der Waals surface area contributed by atoms with Gasteiger partial charge in [0, 0.05) is 17.0 Å². The number of aliphatic hydroxyl groups excluding tert-OH is 1. The summed E-state index contributed by atoms with van der Waals surface area (Å²) in [7, 11) is -3.38. The fourth-order valence-electron chi connectivity index (χ4n) is 6.85. The summed E-state index contributed by atoms with van der Waals surface area (Å²) in [5, 5.41) is 20.2. The molecule has 4 atom stereocenters. The number of amides is 3. The third-order valence-electron chi connectivity index (χ3n) is 9.71. The van der Waals surface area contributed by atoms with E-state index in [1.165, 1.54) is 36.0 Å². The van der Waals surface area contributed by atoms with Crippen molar-refractivity contribution in [1.29, 1.82) is 0 Å². The summed E-state index contributed by atoms with van der Waals surface area (Å²) in [4.78, 5) is 54.4.